The summed E-state index contributed by atoms with van der Waals surface area (Å²) in [5.41, 5.74) is 0.742. The van der Waals surface area contributed by atoms with E-state index in [1.165, 1.54) is 0 Å². The molecule has 0 aliphatic carbocycles. The van der Waals surface area contributed by atoms with Gasteiger partial charge in [0, 0.05) is 0 Å². The molecule has 0 unspecified atom stereocenters. The summed E-state index contributed by atoms with van der Waals surface area (Å²) in [6.07, 6.45) is 1.87. The number of rotatable bonds is 7. The Hall–Kier alpha value is -1.82. The van der Waals surface area contributed by atoms with E-state index in [9.17, 15) is 4.79 Å². The number of hydrogen-bond acceptors (Lipinski definition) is 4. The first kappa shape index (κ1) is 16.2. The topological polar surface area (TPSA) is 59.6 Å². The number of thiocarbonyl (C=S) groups is 1. The molecule has 0 fully saturated rings. The smallest absolute Gasteiger partial charge is 0.325 e. The van der Waals surface area contributed by atoms with E-state index in [0.29, 0.717) is 17.5 Å². The maximum atomic E-state index is 11.4. The molecule has 5 nitrogen and oxygen atoms in total. The van der Waals surface area contributed by atoms with Gasteiger partial charge >= 0.3 is 5.97 Å². The lowest BCUT2D eigenvalue weighted by Crippen LogP contribution is -2.34. The molecular formula is C14H20N2O3S. The van der Waals surface area contributed by atoms with Crippen molar-refractivity contribution in [3.8, 4) is 5.75 Å². The Morgan fingerprint density at radius 2 is 2.10 bits per heavy atom. The van der Waals surface area contributed by atoms with Crippen LogP contribution in [0.4, 0.5) is 5.69 Å². The number of para-hydroxylation sites is 2. The number of unbranched alkanes of at least 4 members (excludes halogenated alkanes) is 1. The highest BCUT2D eigenvalue weighted by atomic mass is 32.1. The molecular weight excluding hydrogens is 276 g/mol. The quantitative estimate of drug-likeness (QED) is 0.457. The molecule has 0 heterocycles. The Labute approximate surface area is 124 Å². The summed E-state index contributed by atoms with van der Waals surface area (Å²) in [5.74, 6) is 0.366. The van der Waals surface area contributed by atoms with Gasteiger partial charge in [-0.25, -0.2) is 0 Å². The largest absolute Gasteiger partial charge is 0.495 e. The first-order chi connectivity index (χ1) is 9.67. The van der Waals surface area contributed by atoms with E-state index in [4.69, 9.17) is 21.7 Å². The molecule has 2 N–H and O–H groups in total. The van der Waals surface area contributed by atoms with Crippen molar-refractivity contribution < 1.29 is 14.3 Å². The molecule has 0 aromatic heterocycles. The SMILES string of the molecule is CCCCOC(=O)CNC(=S)Nc1ccccc1OC. The number of benzene rings is 1. The predicted molar refractivity (Wildman–Crippen MR) is 83.1 cm³/mol. The molecule has 110 valence electrons. The molecule has 1 aromatic rings. The first-order valence-electron chi connectivity index (χ1n) is 6.50. The highest BCUT2D eigenvalue weighted by molar-refractivity contribution is 7.80. The van der Waals surface area contributed by atoms with Gasteiger partial charge in [-0.05, 0) is 30.8 Å². The lowest BCUT2D eigenvalue weighted by atomic mass is 10.3. The van der Waals surface area contributed by atoms with Crippen molar-refractivity contribution in [3.63, 3.8) is 0 Å². The van der Waals surface area contributed by atoms with Crippen LogP contribution in [0.1, 0.15) is 19.8 Å². The summed E-state index contributed by atoms with van der Waals surface area (Å²) in [4.78, 5) is 11.4. The van der Waals surface area contributed by atoms with E-state index in [0.717, 1.165) is 18.5 Å². The fraction of sp³-hybridized carbons (Fsp3) is 0.429. The van der Waals surface area contributed by atoms with Gasteiger partial charge in [0.2, 0.25) is 0 Å². The number of esters is 1. The van der Waals surface area contributed by atoms with E-state index in [1.807, 2.05) is 31.2 Å². The Balaban J connectivity index is 2.35. The first-order valence-corrected chi connectivity index (χ1v) is 6.91. The van der Waals surface area contributed by atoms with Gasteiger partial charge in [-0.2, -0.15) is 0 Å². The molecule has 0 aliphatic rings. The van der Waals surface area contributed by atoms with Crippen LogP contribution in [-0.2, 0) is 9.53 Å². The maximum Gasteiger partial charge on any atom is 0.325 e. The molecule has 0 saturated carbocycles. The van der Waals surface area contributed by atoms with Crippen molar-refractivity contribution in [2.45, 2.75) is 19.8 Å². The van der Waals surface area contributed by atoms with Crippen LogP contribution < -0.4 is 15.4 Å². The molecule has 0 radical (unpaired) electrons. The second kappa shape index (κ2) is 9.14. The average molecular weight is 296 g/mol. The minimum atomic E-state index is -0.317. The number of carbonyl (C=O) groups excluding carboxylic acids is 1. The summed E-state index contributed by atoms with van der Waals surface area (Å²) in [5, 5.41) is 6.12. The zero-order chi connectivity index (χ0) is 14.8. The number of methoxy groups -OCH3 is 1. The molecule has 0 atom stereocenters. The average Bonchev–Trinajstić information content (AvgIpc) is 2.46. The van der Waals surface area contributed by atoms with Crippen molar-refractivity contribution >= 4 is 29.0 Å². The van der Waals surface area contributed by atoms with Crippen molar-refractivity contribution in [2.75, 3.05) is 25.6 Å². The van der Waals surface area contributed by atoms with Crippen LogP contribution in [0.15, 0.2) is 24.3 Å². The number of hydrogen-bond donors (Lipinski definition) is 2. The van der Waals surface area contributed by atoms with E-state index >= 15 is 0 Å². The van der Waals surface area contributed by atoms with Crippen molar-refractivity contribution in [1.29, 1.82) is 0 Å². The fourth-order valence-corrected chi connectivity index (χ4v) is 1.63. The van der Waals surface area contributed by atoms with Crippen LogP contribution in [-0.4, -0.2) is 31.3 Å². The van der Waals surface area contributed by atoms with Gasteiger partial charge in [0.1, 0.15) is 12.3 Å². The molecule has 20 heavy (non-hydrogen) atoms. The maximum absolute atomic E-state index is 11.4. The van der Waals surface area contributed by atoms with Gasteiger partial charge in [-0.1, -0.05) is 25.5 Å². The zero-order valence-electron chi connectivity index (χ0n) is 11.8. The van der Waals surface area contributed by atoms with Crippen molar-refractivity contribution in [1.82, 2.24) is 5.32 Å². The van der Waals surface area contributed by atoms with Crippen LogP contribution in [0.25, 0.3) is 0 Å². The fourth-order valence-electron chi connectivity index (χ4n) is 1.45. The second-order valence-electron chi connectivity index (χ2n) is 4.08. The van der Waals surface area contributed by atoms with Gasteiger partial charge in [-0.3, -0.25) is 4.79 Å². The standard InChI is InChI=1S/C14H20N2O3S/c1-3-4-9-19-13(17)10-15-14(20)16-11-7-5-6-8-12(11)18-2/h5-8H,3-4,9-10H2,1-2H3,(H2,15,16,20). The van der Waals surface area contributed by atoms with Crippen molar-refractivity contribution in [3.05, 3.63) is 24.3 Å². The number of ether oxygens (including phenoxy) is 2. The Morgan fingerprint density at radius 1 is 1.35 bits per heavy atom. The van der Waals surface area contributed by atoms with E-state index in [-0.39, 0.29) is 12.5 Å². The third-order valence-electron chi connectivity index (χ3n) is 2.51. The Bertz CT molecular complexity index is 452. The summed E-state index contributed by atoms with van der Waals surface area (Å²) < 4.78 is 10.2. The Kier molecular flexibility index (Phi) is 7.42. The zero-order valence-corrected chi connectivity index (χ0v) is 12.6. The third kappa shape index (κ3) is 5.88. The molecule has 0 amide bonds. The Morgan fingerprint density at radius 3 is 2.80 bits per heavy atom. The highest BCUT2D eigenvalue weighted by Crippen LogP contribution is 2.22. The number of nitrogens with one attached hydrogen (secondary N) is 2. The second-order valence-corrected chi connectivity index (χ2v) is 4.49. The van der Waals surface area contributed by atoms with Gasteiger partial charge in [-0.15, -0.1) is 0 Å². The molecule has 0 spiro atoms. The van der Waals surface area contributed by atoms with Crippen LogP contribution in [0.5, 0.6) is 5.75 Å². The number of anilines is 1. The van der Waals surface area contributed by atoms with Gasteiger partial charge in [0.05, 0.1) is 19.4 Å². The molecule has 0 saturated heterocycles. The van der Waals surface area contributed by atoms with E-state index in [1.54, 1.807) is 7.11 Å². The van der Waals surface area contributed by atoms with Gasteiger partial charge in [0.15, 0.2) is 5.11 Å². The van der Waals surface area contributed by atoms with E-state index < -0.39 is 0 Å². The molecule has 1 aromatic carbocycles. The minimum absolute atomic E-state index is 0.0463. The van der Waals surface area contributed by atoms with Gasteiger partial charge < -0.3 is 20.1 Å². The van der Waals surface area contributed by atoms with Gasteiger partial charge in [0.25, 0.3) is 0 Å². The van der Waals surface area contributed by atoms with Crippen LogP contribution in [0, 0.1) is 0 Å². The molecule has 6 heteroatoms. The van der Waals surface area contributed by atoms with Crippen LogP contribution >= 0.6 is 12.2 Å². The summed E-state index contributed by atoms with van der Waals surface area (Å²) >= 11 is 5.11. The monoisotopic (exact) mass is 296 g/mol. The minimum Gasteiger partial charge on any atom is -0.495 e. The summed E-state index contributed by atoms with van der Waals surface area (Å²) in [6, 6.07) is 7.40. The van der Waals surface area contributed by atoms with Crippen LogP contribution in [0.3, 0.4) is 0 Å². The van der Waals surface area contributed by atoms with E-state index in [2.05, 4.69) is 10.6 Å². The normalized spacial score (nSPS) is 9.70. The lowest BCUT2D eigenvalue weighted by Gasteiger charge is -2.12. The lowest BCUT2D eigenvalue weighted by molar-refractivity contribution is -0.142. The summed E-state index contributed by atoms with van der Waals surface area (Å²) in [7, 11) is 1.59. The molecule has 1 rings (SSSR count). The van der Waals surface area contributed by atoms with Crippen molar-refractivity contribution in [2.24, 2.45) is 0 Å². The predicted octanol–water partition coefficient (Wildman–Crippen LogP) is 2.32. The third-order valence-corrected chi connectivity index (χ3v) is 2.76. The summed E-state index contributed by atoms with van der Waals surface area (Å²) in [6.45, 7) is 2.53. The molecule has 0 bridgehead atoms. The number of carbonyl (C=O) groups is 1. The van der Waals surface area contributed by atoms with Crippen LogP contribution in [0.2, 0.25) is 0 Å². The molecule has 0 aliphatic heterocycles. The highest BCUT2D eigenvalue weighted by Gasteiger charge is 2.06.